The molecule has 0 aliphatic heterocycles. The summed E-state index contributed by atoms with van der Waals surface area (Å²) in [4.78, 5) is 9.01. The van der Waals surface area contributed by atoms with E-state index in [9.17, 15) is 18.5 Å². The van der Waals surface area contributed by atoms with Crippen molar-refractivity contribution >= 4 is 31.1 Å². The molecule has 0 aliphatic carbocycles. The molecule has 14 heavy (non-hydrogen) atoms. The van der Waals surface area contributed by atoms with Gasteiger partial charge in [-0.1, -0.05) is 6.07 Å². The van der Waals surface area contributed by atoms with Crippen LogP contribution in [0.15, 0.2) is 23.1 Å². The van der Waals surface area contributed by atoms with Crippen LogP contribution in [0.4, 0.5) is 11.4 Å². The maximum absolute atomic E-state index is 10.9. The van der Waals surface area contributed by atoms with Gasteiger partial charge in [0.15, 0.2) is 4.90 Å². The molecule has 0 heterocycles. The number of nitrogen functional groups attached to an aromatic ring is 1. The standard InChI is InChI=1S/C6H5ClN2O4S/c7-14(12,13)5-3-1-2-4(8)6(5)9(10)11/h1-3H,8H2. The number of nitrogens with zero attached hydrogens (tertiary/aromatic N) is 1. The quantitative estimate of drug-likeness (QED) is 0.358. The van der Waals surface area contributed by atoms with Gasteiger partial charge in [-0.2, -0.15) is 0 Å². The van der Waals surface area contributed by atoms with E-state index in [1.165, 1.54) is 12.1 Å². The number of nitrogens with two attached hydrogens (primary N) is 1. The van der Waals surface area contributed by atoms with E-state index in [1.54, 1.807) is 0 Å². The minimum atomic E-state index is -4.15. The molecule has 1 aromatic carbocycles. The van der Waals surface area contributed by atoms with Gasteiger partial charge in [-0.15, -0.1) is 0 Å². The lowest BCUT2D eigenvalue weighted by molar-refractivity contribution is -0.386. The summed E-state index contributed by atoms with van der Waals surface area (Å²) >= 11 is 0. The van der Waals surface area contributed by atoms with Crippen LogP contribution in [0.25, 0.3) is 0 Å². The number of rotatable bonds is 2. The first-order chi connectivity index (χ1) is 6.34. The molecule has 0 atom stereocenters. The van der Waals surface area contributed by atoms with Crippen molar-refractivity contribution in [2.45, 2.75) is 4.90 Å². The zero-order valence-electron chi connectivity index (χ0n) is 6.68. The molecule has 1 rings (SSSR count). The fraction of sp³-hybridized carbons (Fsp3) is 0. The molecule has 1 aromatic rings. The summed E-state index contributed by atoms with van der Waals surface area (Å²) in [5.74, 6) is 0. The number of para-hydroxylation sites is 1. The summed E-state index contributed by atoms with van der Waals surface area (Å²) < 4.78 is 21.8. The van der Waals surface area contributed by atoms with Crippen LogP contribution in [0.2, 0.25) is 0 Å². The van der Waals surface area contributed by atoms with Gasteiger partial charge >= 0.3 is 5.69 Å². The summed E-state index contributed by atoms with van der Waals surface area (Å²) in [6, 6.07) is 3.53. The molecule has 76 valence electrons. The highest BCUT2D eigenvalue weighted by molar-refractivity contribution is 8.13. The van der Waals surface area contributed by atoms with Gasteiger partial charge in [0.2, 0.25) is 0 Å². The lowest BCUT2D eigenvalue weighted by Crippen LogP contribution is -2.02. The molecule has 6 nitrogen and oxygen atoms in total. The molecule has 2 N–H and O–H groups in total. The molecular formula is C6H5ClN2O4S. The van der Waals surface area contributed by atoms with Crippen molar-refractivity contribution in [3.63, 3.8) is 0 Å². The molecule has 0 aliphatic rings. The minimum absolute atomic E-state index is 0.239. The fourth-order valence-electron chi connectivity index (χ4n) is 0.931. The van der Waals surface area contributed by atoms with Crippen molar-refractivity contribution in [1.82, 2.24) is 0 Å². The van der Waals surface area contributed by atoms with Crippen molar-refractivity contribution in [2.24, 2.45) is 0 Å². The van der Waals surface area contributed by atoms with Crippen molar-refractivity contribution in [2.75, 3.05) is 5.73 Å². The maximum atomic E-state index is 10.9. The first-order valence-corrected chi connectivity index (χ1v) is 5.62. The molecule has 0 saturated carbocycles. The van der Waals surface area contributed by atoms with Crippen LogP contribution in [0.5, 0.6) is 0 Å². The van der Waals surface area contributed by atoms with Gasteiger partial charge in [0.05, 0.1) is 4.92 Å². The second kappa shape index (κ2) is 3.43. The van der Waals surface area contributed by atoms with Crippen LogP contribution < -0.4 is 5.73 Å². The highest BCUT2D eigenvalue weighted by Crippen LogP contribution is 2.31. The molecular weight excluding hydrogens is 232 g/mol. The van der Waals surface area contributed by atoms with E-state index in [1.807, 2.05) is 0 Å². The second-order valence-corrected chi connectivity index (χ2v) is 4.92. The smallest absolute Gasteiger partial charge is 0.311 e. The average molecular weight is 237 g/mol. The highest BCUT2D eigenvalue weighted by Gasteiger charge is 2.26. The van der Waals surface area contributed by atoms with Gasteiger partial charge in [-0.25, -0.2) is 8.42 Å². The molecule has 0 unspecified atom stereocenters. The Morgan fingerprint density at radius 1 is 1.43 bits per heavy atom. The van der Waals surface area contributed by atoms with Crippen molar-refractivity contribution in [3.8, 4) is 0 Å². The number of nitro groups is 1. The Bertz CT molecular complexity index is 485. The Morgan fingerprint density at radius 2 is 2.00 bits per heavy atom. The van der Waals surface area contributed by atoms with Crippen molar-refractivity contribution < 1.29 is 13.3 Å². The van der Waals surface area contributed by atoms with E-state index >= 15 is 0 Å². The SMILES string of the molecule is Nc1cccc(S(=O)(=O)Cl)c1[N+](=O)[O-]. The van der Waals surface area contributed by atoms with E-state index in [0.717, 1.165) is 6.07 Å². The van der Waals surface area contributed by atoms with Crippen LogP contribution >= 0.6 is 10.7 Å². The number of anilines is 1. The largest absolute Gasteiger partial charge is 0.393 e. The molecule has 0 saturated heterocycles. The zero-order chi connectivity index (χ0) is 10.9. The number of hydrogen-bond acceptors (Lipinski definition) is 5. The molecule has 0 bridgehead atoms. The Labute approximate surface area is 83.9 Å². The van der Waals surface area contributed by atoms with E-state index in [4.69, 9.17) is 16.4 Å². The molecule has 0 fully saturated rings. The van der Waals surface area contributed by atoms with Crippen molar-refractivity contribution in [1.29, 1.82) is 0 Å². The lowest BCUT2D eigenvalue weighted by Gasteiger charge is -2.00. The van der Waals surface area contributed by atoms with Crippen molar-refractivity contribution in [3.05, 3.63) is 28.3 Å². The maximum Gasteiger partial charge on any atom is 0.311 e. The van der Waals surface area contributed by atoms with E-state index < -0.39 is 24.6 Å². The normalized spacial score (nSPS) is 11.2. The Morgan fingerprint density at radius 3 is 2.36 bits per heavy atom. The molecule has 8 heteroatoms. The van der Waals surface area contributed by atoms with Crippen LogP contribution in [0, 0.1) is 10.1 Å². The minimum Gasteiger partial charge on any atom is -0.393 e. The first-order valence-electron chi connectivity index (χ1n) is 3.31. The summed E-state index contributed by atoms with van der Waals surface area (Å²) in [6.45, 7) is 0. The van der Waals surface area contributed by atoms with Crippen LogP contribution in [0.3, 0.4) is 0 Å². The van der Waals surface area contributed by atoms with E-state index in [-0.39, 0.29) is 5.69 Å². The van der Waals surface area contributed by atoms with Gasteiger partial charge in [0.1, 0.15) is 5.69 Å². The molecule has 0 amide bonds. The van der Waals surface area contributed by atoms with Gasteiger partial charge in [-0.3, -0.25) is 10.1 Å². The summed E-state index contributed by atoms with van der Waals surface area (Å²) in [5, 5.41) is 10.5. The van der Waals surface area contributed by atoms with Crippen LogP contribution in [0.1, 0.15) is 0 Å². The average Bonchev–Trinajstić information content (AvgIpc) is 2.01. The zero-order valence-corrected chi connectivity index (χ0v) is 8.25. The lowest BCUT2D eigenvalue weighted by atomic mass is 10.3. The fourth-order valence-corrected chi connectivity index (χ4v) is 1.97. The summed E-state index contributed by atoms with van der Waals surface area (Å²) in [7, 11) is 0.842. The Balaban J connectivity index is 3.61. The number of halogens is 1. The van der Waals surface area contributed by atoms with Gasteiger partial charge in [0, 0.05) is 10.7 Å². The topological polar surface area (TPSA) is 103 Å². The third-order valence-electron chi connectivity index (χ3n) is 1.48. The van der Waals surface area contributed by atoms with Gasteiger partial charge in [-0.05, 0) is 12.1 Å². The Hall–Kier alpha value is -1.34. The molecule has 0 spiro atoms. The van der Waals surface area contributed by atoms with Crippen LogP contribution in [-0.2, 0) is 9.05 Å². The molecule has 0 aromatic heterocycles. The molecule has 0 radical (unpaired) electrons. The Kier molecular flexibility index (Phi) is 2.63. The second-order valence-electron chi connectivity index (χ2n) is 2.39. The predicted octanol–water partition coefficient (Wildman–Crippen LogP) is 1.10. The predicted molar refractivity (Wildman–Crippen MR) is 50.5 cm³/mol. The summed E-state index contributed by atoms with van der Waals surface area (Å²) in [6.07, 6.45) is 0. The van der Waals surface area contributed by atoms with Gasteiger partial charge < -0.3 is 5.73 Å². The van der Waals surface area contributed by atoms with Crippen LogP contribution in [-0.4, -0.2) is 13.3 Å². The number of nitro benzene ring substituents is 1. The highest BCUT2D eigenvalue weighted by atomic mass is 35.7. The third kappa shape index (κ3) is 1.94. The number of benzene rings is 1. The van der Waals surface area contributed by atoms with Gasteiger partial charge in [0.25, 0.3) is 9.05 Å². The summed E-state index contributed by atoms with van der Waals surface area (Å²) in [5.41, 5.74) is 4.32. The monoisotopic (exact) mass is 236 g/mol. The van der Waals surface area contributed by atoms with E-state index in [0.29, 0.717) is 0 Å². The third-order valence-corrected chi connectivity index (χ3v) is 2.83. The van der Waals surface area contributed by atoms with E-state index in [2.05, 4.69) is 0 Å². The number of hydrogen-bond donors (Lipinski definition) is 1. The first kappa shape index (κ1) is 10.7.